The highest BCUT2D eigenvalue weighted by Gasteiger charge is 2.09. The summed E-state index contributed by atoms with van der Waals surface area (Å²) in [6, 6.07) is 22.6. The molecular formula is C19H12I2O2. The average molecular weight is 526 g/mol. The van der Waals surface area contributed by atoms with E-state index in [9.17, 15) is 4.79 Å². The smallest absolute Gasteiger partial charge is 0.193 e. The van der Waals surface area contributed by atoms with Crippen molar-refractivity contribution in [2.45, 2.75) is 0 Å². The van der Waals surface area contributed by atoms with E-state index < -0.39 is 0 Å². The highest BCUT2D eigenvalue weighted by atomic mass is 127. The fourth-order valence-corrected chi connectivity index (χ4v) is 2.80. The summed E-state index contributed by atoms with van der Waals surface area (Å²) in [6.45, 7) is 0. The van der Waals surface area contributed by atoms with Gasteiger partial charge in [0.1, 0.15) is 11.5 Å². The van der Waals surface area contributed by atoms with Gasteiger partial charge in [-0.2, -0.15) is 0 Å². The van der Waals surface area contributed by atoms with Crippen LogP contribution in [0, 0.1) is 7.14 Å². The Bertz CT molecular complexity index is 807. The largest absolute Gasteiger partial charge is 0.457 e. The Kier molecular flexibility index (Phi) is 5.32. The van der Waals surface area contributed by atoms with Gasteiger partial charge in [-0.05, 0) is 118 Å². The minimum absolute atomic E-state index is 0.0159. The third-order valence-electron chi connectivity index (χ3n) is 3.27. The van der Waals surface area contributed by atoms with Crippen LogP contribution in [-0.4, -0.2) is 5.78 Å². The Morgan fingerprint density at radius 1 is 0.609 bits per heavy atom. The quantitative estimate of drug-likeness (QED) is 0.312. The summed E-state index contributed by atoms with van der Waals surface area (Å²) in [5.74, 6) is 1.51. The van der Waals surface area contributed by atoms with Crippen molar-refractivity contribution in [2.24, 2.45) is 0 Å². The number of ketones is 1. The van der Waals surface area contributed by atoms with Crippen molar-refractivity contribution in [1.29, 1.82) is 0 Å². The molecule has 3 aromatic carbocycles. The van der Waals surface area contributed by atoms with Crippen LogP contribution < -0.4 is 4.74 Å². The SMILES string of the molecule is O=C(c1ccc(I)cc1)c1ccc(Oc2ccc(I)cc2)cc1. The molecular weight excluding hydrogens is 514 g/mol. The van der Waals surface area contributed by atoms with Crippen LogP contribution in [0.15, 0.2) is 72.8 Å². The normalized spacial score (nSPS) is 10.3. The molecule has 0 aliphatic heterocycles. The van der Waals surface area contributed by atoms with Crippen LogP contribution >= 0.6 is 45.2 Å². The van der Waals surface area contributed by atoms with Crippen molar-refractivity contribution in [3.05, 3.63) is 91.1 Å². The summed E-state index contributed by atoms with van der Waals surface area (Å²) in [7, 11) is 0. The number of carbonyl (C=O) groups is 1. The van der Waals surface area contributed by atoms with E-state index in [0.29, 0.717) is 16.9 Å². The zero-order valence-electron chi connectivity index (χ0n) is 12.0. The van der Waals surface area contributed by atoms with Gasteiger partial charge in [-0.3, -0.25) is 4.79 Å². The van der Waals surface area contributed by atoms with Crippen LogP contribution in [0.4, 0.5) is 0 Å². The van der Waals surface area contributed by atoms with Gasteiger partial charge in [0.25, 0.3) is 0 Å². The van der Waals surface area contributed by atoms with E-state index >= 15 is 0 Å². The van der Waals surface area contributed by atoms with Gasteiger partial charge < -0.3 is 4.74 Å². The number of carbonyl (C=O) groups excluding carboxylic acids is 1. The predicted molar refractivity (Wildman–Crippen MR) is 108 cm³/mol. The molecule has 0 aromatic heterocycles. The first-order chi connectivity index (χ1) is 11.1. The molecule has 23 heavy (non-hydrogen) atoms. The van der Waals surface area contributed by atoms with Crippen molar-refractivity contribution in [1.82, 2.24) is 0 Å². The van der Waals surface area contributed by atoms with Crippen molar-refractivity contribution in [3.8, 4) is 11.5 Å². The highest BCUT2D eigenvalue weighted by molar-refractivity contribution is 14.1. The lowest BCUT2D eigenvalue weighted by Crippen LogP contribution is -2.00. The summed E-state index contributed by atoms with van der Waals surface area (Å²) in [4.78, 5) is 12.4. The first kappa shape index (κ1) is 16.4. The molecule has 3 aromatic rings. The minimum Gasteiger partial charge on any atom is -0.457 e. The molecule has 0 aliphatic rings. The first-order valence-electron chi connectivity index (χ1n) is 6.95. The molecule has 0 fully saturated rings. The molecule has 0 bridgehead atoms. The number of halogens is 2. The zero-order chi connectivity index (χ0) is 16.2. The molecule has 0 N–H and O–H groups in total. The van der Waals surface area contributed by atoms with E-state index in [1.165, 1.54) is 0 Å². The maximum Gasteiger partial charge on any atom is 0.193 e. The number of ether oxygens (including phenoxy) is 1. The monoisotopic (exact) mass is 526 g/mol. The Hall–Kier alpha value is -1.41. The van der Waals surface area contributed by atoms with Gasteiger partial charge in [0.15, 0.2) is 5.78 Å². The molecule has 2 nitrogen and oxygen atoms in total. The zero-order valence-corrected chi connectivity index (χ0v) is 16.3. The fraction of sp³-hybridized carbons (Fsp3) is 0. The Labute approximate surface area is 162 Å². The van der Waals surface area contributed by atoms with E-state index in [1.54, 1.807) is 12.1 Å². The molecule has 0 amide bonds. The summed E-state index contributed by atoms with van der Waals surface area (Å²) in [5.41, 5.74) is 1.35. The van der Waals surface area contributed by atoms with Gasteiger partial charge in [0.05, 0.1) is 0 Å². The van der Waals surface area contributed by atoms with Gasteiger partial charge in [-0.1, -0.05) is 0 Å². The lowest BCUT2D eigenvalue weighted by molar-refractivity contribution is 0.103. The van der Waals surface area contributed by atoms with Crippen LogP contribution in [-0.2, 0) is 0 Å². The predicted octanol–water partition coefficient (Wildman–Crippen LogP) is 5.92. The average Bonchev–Trinajstić information content (AvgIpc) is 2.58. The second kappa shape index (κ2) is 7.44. The lowest BCUT2D eigenvalue weighted by atomic mass is 10.0. The first-order valence-corrected chi connectivity index (χ1v) is 9.11. The van der Waals surface area contributed by atoms with Crippen LogP contribution in [0.25, 0.3) is 0 Å². The number of rotatable bonds is 4. The highest BCUT2D eigenvalue weighted by Crippen LogP contribution is 2.23. The van der Waals surface area contributed by atoms with Gasteiger partial charge in [-0.25, -0.2) is 0 Å². The van der Waals surface area contributed by atoms with Gasteiger partial charge in [0.2, 0.25) is 0 Å². The van der Waals surface area contributed by atoms with Gasteiger partial charge in [-0.15, -0.1) is 0 Å². The Balaban J connectivity index is 1.75. The molecule has 4 heteroatoms. The molecule has 0 spiro atoms. The van der Waals surface area contributed by atoms with Gasteiger partial charge >= 0.3 is 0 Å². The van der Waals surface area contributed by atoms with Crippen molar-refractivity contribution < 1.29 is 9.53 Å². The van der Waals surface area contributed by atoms with Crippen LogP contribution in [0.1, 0.15) is 15.9 Å². The third kappa shape index (κ3) is 4.32. The van der Waals surface area contributed by atoms with E-state index in [4.69, 9.17) is 4.74 Å². The molecule has 0 heterocycles. The number of benzene rings is 3. The van der Waals surface area contributed by atoms with Crippen molar-refractivity contribution in [2.75, 3.05) is 0 Å². The number of hydrogen-bond donors (Lipinski definition) is 0. The summed E-state index contributed by atoms with van der Waals surface area (Å²) >= 11 is 4.48. The standard InChI is InChI=1S/C19H12I2O2/c20-15-5-1-13(2-6-15)19(22)14-3-9-17(10-4-14)23-18-11-7-16(21)8-12-18/h1-12H. The molecule has 0 radical (unpaired) electrons. The fourth-order valence-electron chi connectivity index (χ4n) is 2.08. The Morgan fingerprint density at radius 3 is 1.43 bits per heavy atom. The summed E-state index contributed by atoms with van der Waals surface area (Å²) in [5, 5.41) is 0. The van der Waals surface area contributed by atoms with Crippen LogP contribution in [0.5, 0.6) is 11.5 Å². The van der Waals surface area contributed by atoms with Crippen LogP contribution in [0.2, 0.25) is 0 Å². The molecule has 0 saturated carbocycles. The maximum absolute atomic E-state index is 12.4. The summed E-state index contributed by atoms with van der Waals surface area (Å²) in [6.07, 6.45) is 0. The second-order valence-electron chi connectivity index (χ2n) is 4.92. The lowest BCUT2D eigenvalue weighted by Gasteiger charge is -2.07. The number of hydrogen-bond acceptors (Lipinski definition) is 2. The molecule has 0 saturated heterocycles. The maximum atomic E-state index is 12.4. The molecule has 114 valence electrons. The second-order valence-corrected chi connectivity index (χ2v) is 7.41. The van der Waals surface area contributed by atoms with E-state index in [-0.39, 0.29) is 5.78 Å². The molecule has 3 rings (SSSR count). The van der Waals surface area contributed by atoms with E-state index in [1.807, 2.05) is 60.7 Å². The van der Waals surface area contributed by atoms with Crippen molar-refractivity contribution >= 4 is 51.0 Å². The van der Waals surface area contributed by atoms with E-state index in [0.717, 1.165) is 12.9 Å². The van der Waals surface area contributed by atoms with Gasteiger partial charge in [0, 0.05) is 18.3 Å². The van der Waals surface area contributed by atoms with Crippen molar-refractivity contribution in [3.63, 3.8) is 0 Å². The minimum atomic E-state index is 0.0159. The topological polar surface area (TPSA) is 26.3 Å². The Morgan fingerprint density at radius 2 is 0.957 bits per heavy atom. The molecule has 0 unspecified atom stereocenters. The molecule has 0 aliphatic carbocycles. The molecule has 0 atom stereocenters. The van der Waals surface area contributed by atoms with Crippen LogP contribution in [0.3, 0.4) is 0 Å². The third-order valence-corrected chi connectivity index (χ3v) is 4.71. The summed E-state index contributed by atoms with van der Waals surface area (Å²) < 4.78 is 8.05. The van der Waals surface area contributed by atoms with E-state index in [2.05, 4.69) is 45.2 Å².